The maximum absolute atomic E-state index is 13.3. The average molecular weight is 455 g/mol. The number of amides is 1. The van der Waals surface area contributed by atoms with Crippen LogP contribution in [0, 0.1) is 0 Å². The molecule has 4 rings (SSSR count). The number of halogens is 3. The lowest BCUT2D eigenvalue weighted by Crippen LogP contribution is -2.66. The van der Waals surface area contributed by atoms with Crippen LogP contribution in [0.1, 0.15) is 57.6 Å². The Morgan fingerprint density at radius 1 is 1.22 bits per heavy atom. The van der Waals surface area contributed by atoms with Crippen LogP contribution in [-0.2, 0) is 15.7 Å². The predicted octanol–water partition coefficient (Wildman–Crippen LogP) is 3.61. The van der Waals surface area contributed by atoms with Crippen molar-refractivity contribution < 1.29 is 22.7 Å². The van der Waals surface area contributed by atoms with Gasteiger partial charge in [-0.25, -0.2) is 4.98 Å². The number of aromatic nitrogens is 1. The highest BCUT2D eigenvalue weighted by molar-refractivity contribution is 5.92. The van der Waals surface area contributed by atoms with Crippen molar-refractivity contribution in [2.24, 2.45) is 0 Å². The van der Waals surface area contributed by atoms with E-state index >= 15 is 0 Å². The van der Waals surface area contributed by atoms with Crippen molar-refractivity contribution >= 4 is 11.7 Å². The minimum Gasteiger partial charge on any atom is -0.375 e. The second-order valence-electron chi connectivity index (χ2n) is 9.34. The highest BCUT2D eigenvalue weighted by Crippen LogP contribution is 2.46. The van der Waals surface area contributed by atoms with E-state index in [9.17, 15) is 18.0 Å². The topological polar surface area (TPSA) is 57.7 Å². The van der Waals surface area contributed by atoms with Crippen LogP contribution in [0.25, 0.3) is 0 Å². The molecule has 0 radical (unpaired) electrons. The molecule has 1 unspecified atom stereocenters. The molecule has 9 heteroatoms. The number of nitrogens with one attached hydrogen (secondary N) is 1. The lowest BCUT2D eigenvalue weighted by Gasteiger charge is -2.54. The monoisotopic (exact) mass is 454 g/mol. The molecule has 0 bridgehead atoms. The SMILES string of the molecule is CCC(=O)N(CC1(N2CCNCC2)CCOC2(CCCC2)C1)c1cccc(C(F)(F)F)n1. The quantitative estimate of drug-likeness (QED) is 0.737. The van der Waals surface area contributed by atoms with E-state index in [4.69, 9.17) is 4.74 Å². The van der Waals surface area contributed by atoms with Gasteiger partial charge in [-0.1, -0.05) is 25.8 Å². The molecule has 0 aromatic carbocycles. The van der Waals surface area contributed by atoms with Gasteiger partial charge < -0.3 is 10.1 Å². The van der Waals surface area contributed by atoms with Crippen molar-refractivity contribution in [3.63, 3.8) is 0 Å². The van der Waals surface area contributed by atoms with Crippen LogP contribution in [-0.4, -0.2) is 66.3 Å². The molecule has 1 saturated carbocycles. The van der Waals surface area contributed by atoms with Gasteiger partial charge in [0.05, 0.1) is 5.60 Å². The summed E-state index contributed by atoms with van der Waals surface area (Å²) in [5.74, 6) is -0.133. The molecule has 178 valence electrons. The van der Waals surface area contributed by atoms with Crippen molar-refractivity contribution in [1.29, 1.82) is 0 Å². The molecule has 2 aliphatic heterocycles. The van der Waals surface area contributed by atoms with Gasteiger partial charge in [-0.15, -0.1) is 0 Å². The molecule has 1 aromatic heterocycles. The summed E-state index contributed by atoms with van der Waals surface area (Å²) >= 11 is 0. The smallest absolute Gasteiger partial charge is 0.375 e. The van der Waals surface area contributed by atoms with Gasteiger partial charge in [-0.2, -0.15) is 13.2 Å². The number of carbonyl (C=O) groups is 1. The molecule has 1 N–H and O–H groups in total. The van der Waals surface area contributed by atoms with Crippen LogP contribution < -0.4 is 10.2 Å². The van der Waals surface area contributed by atoms with Crippen molar-refractivity contribution in [3.8, 4) is 0 Å². The molecular weight excluding hydrogens is 421 g/mol. The zero-order valence-electron chi connectivity index (χ0n) is 18.7. The Labute approximate surface area is 187 Å². The highest BCUT2D eigenvalue weighted by atomic mass is 19.4. The van der Waals surface area contributed by atoms with Crippen LogP contribution in [0.15, 0.2) is 18.2 Å². The summed E-state index contributed by atoms with van der Waals surface area (Å²) in [5.41, 5.74) is -1.50. The Morgan fingerprint density at radius 3 is 2.59 bits per heavy atom. The van der Waals surface area contributed by atoms with Crippen molar-refractivity contribution in [2.75, 3.05) is 44.2 Å². The number of pyridine rings is 1. The lowest BCUT2D eigenvalue weighted by atomic mass is 9.76. The molecule has 1 amide bonds. The number of hydrogen-bond acceptors (Lipinski definition) is 5. The first-order chi connectivity index (χ1) is 15.3. The summed E-state index contributed by atoms with van der Waals surface area (Å²) in [6.07, 6.45) is 1.47. The van der Waals surface area contributed by atoms with Gasteiger partial charge in [-0.05, 0) is 37.8 Å². The highest BCUT2D eigenvalue weighted by Gasteiger charge is 2.51. The predicted molar refractivity (Wildman–Crippen MR) is 115 cm³/mol. The van der Waals surface area contributed by atoms with Crippen molar-refractivity contribution in [2.45, 2.75) is 69.2 Å². The van der Waals surface area contributed by atoms with Gasteiger partial charge in [0.25, 0.3) is 0 Å². The maximum Gasteiger partial charge on any atom is 0.433 e. The van der Waals surface area contributed by atoms with E-state index in [2.05, 4.69) is 15.2 Å². The Bertz CT molecular complexity index is 807. The fraction of sp³-hybridized carbons (Fsp3) is 0.739. The Morgan fingerprint density at radius 2 is 1.94 bits per heavy atom. The number of nitrogens with zero attached hydrogens (tertiary/aromatic N) is 3. The van der Waals surface area contributed by atoms with Gasteiger partial charge in [0.2, 0.25) is 5.91 Å². The van der Waals surface area contributed by atoms with Crippen LogP contribution in [0.4, 0.5) is 19.0 Å². The Kier molecular flexibility index (Phi) is 6.79. The standard InChI is InChI=1S/C23H33F3N4O2/c1-2-20(31)30(19-7-5-6-18(28-19)23(24,25)26)17-21(29-13-11-27-12-14-29)10-15-32-22(16-21)8-3-4-9-22/h5-7,27H,2-4,8-17H2,1H3. The second kappa shape index (κ2) is 9.27. The first-order valence-corrected chi connectivity index (χ1v) is 11.7. The third-order valence-corrected chi connectivity index (χ3v) is 7.29. The fourth-order valence-electron chi connectivity index (χ4n) is 5.69. The van der Waals surface area contributed by atoms with Gasteiger partial charge in [0.15, 0.2) is 0 Å². The number of rotatable bonds is 5. The molecule has 1 aliphatic carbocycles. The molecule has 6 nitrogen and oxygen atoms in total. The minimum atomic E-state index is -4.56. The Hall–Kier alpha value is -1.71. The van der Waals surface area contributed by atoms with Crippen LogP contribution in [0.5, 0.6) is 0 Å². The molecule has 32 heavy (non-hydrogen) atoms. The number of alkyl halides is 3. The van der Waals surface area contributed by atoms with Gasteiger partial charge in [0.1, 0.15) is 11.5 Å². The summed E-state index contributed by atoms with van der Waals surface area (Å²) in [5, 5.41) is 3.38. The first-order valence-electron chi connectivity index (χ1n) is 11.7. The van der Waals surface area contributed by atoms with E-state index in [0.717, 1.165) is 70.8 Å². The second-order valence-corrected chi connectivity index (χ2v) is 9.34. The van der Waals surface area contributed by atoms with Gasteiger partial charge >= 0.3 is 6.18 Å². The van der Waals surface area contributed by atoms with Crippen LogP contribution in [0.2, 0.25) is 0 Å². The molecule has 1 aromatic rings. The summed E-state index contributed by atoms with van der Waals surface area (Å²) in [7, 11) is 0. The Balaban J connectivity index is 1.70. The third-order valence-electron chi connectivity index (χ3n) is 7.29. The molecule has 1 spiro atoms. The van der Waals surface area contributed by atoms with Crippen molar-refractivity contribution in [3.05, 3.63) is 23.9 Å². The van der Waals surface area contributed by atoms with E-state index in [1.807, 2.05) is 0 Å². The zero-order valence-corrected chi connectivity index (χ0v) is 18.7. The lowest BCUT2D eigenvalue weighted by molar-refractivity contribution is -0.141. The van der Waals surface area contributed by atoms with Crippen LogP contribution >= 0.6 is 0 Å². The maximum atomic E-state index is 13.3. The third kappa shape index (κ3) is 4.79. The van der Waals surface area contributed by atoms with E-state index in [1.54, 1.807) is 6.92 Å². The fourth-order valence-corrected chi connectivity index (χ4v) is 5.69. The largest absolute Gasteiger partial charge is 0.433 e. The molecule has 3 aliphatic rings. The minimum absolute atomic E-state index is 0.0770. The molecule has 2 saturated heterocycles. The molecule has 3 fully saturated rings. The van der Waals surface area contributed by atoms with Crippen LogP contribution in [0.3, 0.4) is 0 Å². The number of carbonyl (C=O) groups excluding carboxylic acids is 1. The first kappa shape index (κ1) is 23.4. The normalized spacial score (nSPS) is 26.4. The van der Waals surface area contributed by atoms with Gasteiger partial charge in [-0.3, -0.25) is 14.6 Å². The summed E-state index contributed by atoms with van der Waals surface area (Å²) in [4.78, 5) is 20.8. The van der Waals surface area contributed by atoms with Gasteiger partial charge in [0, 0.05) is 51.3 Å². The van der Waals surface area contributed by atoms with Crippen molar-refractivity contribution in [1.82, 2.24) is 15.2 Å². The average Bonchev–Trinajstić information content (AvgIpc) is 3.24. The molecule has 1 atom stereocenters. The summed E-state index contributed by atoms with van der Waals surface area (Å²) in [6, 6.07) is 3.80. The molecule has 3 heterocycles. The van der Waals surface area contributed by atoms with E-state index < -0.39 is 11.9 Å². The molecular formula is C23H33F3N4O2. The zero-order chi connectivity index (χ0) is 22.8. The van der Waals surface area contributed by atoms with E-state index in [0.29, 0.717) is 13.2 Å². The number of anilines is 1. The number of piperazine rings is 1. The van der Waals surface area contributed by atoms with E-state index in [-0.39, 0.29) is 29.3 Å². The summed E-state index contributed by atoms with van der Waals surface area (Å²) < 4.78 is 46.3. The number of hydrogen-bond donors (Lipinski definition) is 1. The van der Waals surface area contributed by atoms with E-state index in [1.165, 1.54) is 17.0 Å². The number of ether oxygens (including phenoxy) is 1. The summed E-state index contributed by atoms with van der Waals surface area (Å²) in [6.45, 7) is 6.09.